The highest BCUT2D eigenvalue weighted by Gasteiger charge is 2.35. The summed E-state index contributed by atoms with van der Waals surface area (Å²) in [5.74, 6) is 0.323. The summed E-state index contributed by atoms with van der Waals surface area (Å²) in [6.07, 6.45) is -4.01. The van der Waals surface area contributed by atoms with Crippen molar-refractivity contribution < 1.29 is 32.2 Å². The van der Waals surface area contributed by atoms with Gasteiger partial charge in [0.25, 0.3) is 5.91 Å². The Morgan fingerprint density at radius 2 is 1.67 bits per heavy atom. The van der Waals surface area contributed by atoms with Crippen LogP contribution in [0.15, 0.2) is 77.9 Å². The Bertz CT molecular complexity index is 1490. The van der Waals surface area contributed by atoms with Crippen LogP contribution in [0.3, 0.4) is 0 Å². The molecular weight excluding hydrogens is 587 g/mol. The summed E-state index contributed by atoms with van der Waals surface area (Å²) in [6, 6.07) is 18.6. The number of carbonyl (C=O) groups excluding carboxylic acids is 2. The fraction of sp³-hybridized carbons (Fsp3) is 0.364. The number of alkyl halides is 3. The van der Waals surface area contributed by atoms with Crippen molar-refractivity contribution in [2.24, 2.45) is 5.10 Å². The Morgan fingerprint density at radius 1 is 1.00 bits per heavy atom. The number of hydrazone groups is 1. The van der Waals surface area contributed by atoms with Crippen LogP contribution in [-0.4, -0.2) is 85.5 Å². The standard InChI is InChI=1S/C33H36F3N5O4/c1-23-3-5-25(6-4-23)30-21-29(24-7-13-28(44-2)14-8-24)38-41(30)31(42)22-40(16-15-39-17-19-45-20-18-39)32(43)37-27-11-9-26(10-12-27)33(34,35)36/h3-14,30H,15-22H2,1-2H3,(H,37,43). The van der Waals surface area contributed by atoms with Gasteiger partial charge >= 0.3 is 12.2 Å². The minimum Gasteiger partial charge on any atom is -0.497 e. The number of carbonyl (C=O) groups is 2. The number of rotatable bonds is 9. The van der Waals surface area contributed by atoms with Crippen LogP contribution in [0.5, 0.6) is 5.75 Å². The normalized spacial score (nSPS) is 17.1. The Morgan fingerprint density at radius 3 is 2.29 bits per heavy atom. The number of morpholine rings is 1. The quantitative estimate of drug-likeness (QED) is 0.337. The lowest BCUT2D eigenvalue weighted by atomic mass is 9.97. The Balaban J connectivity index is 1.37. The van der Waals surface area contributed by atoms with Gasteiger partial charge < -0.3 is 19.7 Å². The molecule has 0 aromatic heterocycles. The maximum absolute atomic E-state index is 14.0. The van der Waals surface area contributed by atoms with Crippen LogP contribution in [0.1, 0.15) is 34.7 Å². The first-order valence-corrected chi connectivity index (χ1v) is 14.7. The van der Waals surface area contributed by atoms with Crippen molar-refractivity contribution in [1.29, 1.82) is 0 Å². The molecule has 12 heteroatoms. The van der Waals surface area contributed by atoms with Gasteiger partial charge in [-0.15, -0.1) is 0 Å². The molecule has 45 heavy (non-hydrogen) atoms. The molecule has 0 aliphatic carbocycles. The Labute approximate surface area is 260 Å². The van der Waals surface area contributed by atoms with E-state index in [-0.39, 0.29) is 30.7 Å². The zero-order valence-electron chi connectivity index (χ0n) is 25.2. The first-order valence-electron chi connectivity index (χ1n) is 14.7. The predicted octanol–water partition coefficient (Wildman–Crippen LogP) is 5.57. The van der Waals surface area contributed by atoms with Crippen molar-refractivity contribution in [2.75, 3.05) is 58.4 Å². The fourth-order valence-electron chi connectivity index (χ4n) is 5.27. The average Bonchev–Trinajstić information content (AvgIpc) is 3.49. The van der Waals surface area contributed by atoms with E-state index in [0.717, 1.165) is 34.5 Å². The van der Waals surface area contributed by atoms with Gasteiger partial charge in [0.2, 0.25) is 0 Å². The lowest BCUT2D eigenvalue weighted by molar-refractivity contribution is -0.137. The number of hydrogen-bond acceptors (Lipinski definition) is 6. The summed E-state index contributed by atoms with van der Waals surface area (Å²) in [5, 5.41) is 8.84. The van der Waals surface area contributed by atoms with Gasteiger partial charge in [0, 0.05) is 38.3 Å². The molecule has 0 saturated carbocycles. The van der Waals surface area contributed by atoms with E-state index < -0.39 is 17.8 Å². The summed E-state index contributed by atoms with van der Waals surface area (Å²) in [5.41, 5.74) is 2.95. The number of nitrogens with zero attached hydrogens (tertiary/aromatic N) is 4. The number of methoxy groups -OCH3 is 1. The molecule has 2 aliphatic rings. The molecule has 3 aromatic carbocycles. The molecule has 3 amide bonds. The van der Waals surface area contributed by atoms with Gasteiger partial charge in [-0.1, -0.05) is 29.8 Å². The van der Waals surface area contributed by atoms with Crippen molar-refractivity contribution in [3.8, 4) is 5.75 Å². The summed E-state index contributed by atoms with van der Waals surface area (Å²) >= 11 is 0. The number of nitrogens with one attached hydrogen (secondary N) is 1. The molecule has 1 N–H and O–H groups in total. The van der Waals surface area contributed by atoms with Gasteiger partial charge in [-0.05, 0) is 66.6 Å². The summed E-state index contributed by atoms with van der Waals surface area (Å²) in [7, 11) is 1.59. The molecule has 0 bridgehead atoms. The maximum Gasteiger partial charge on any atom is 0.416 e. The SMILES string of the molecule is COc1ccc(C2=NN(C(=O)CN(CCN3CCOCC3)C(=O)Nc3ccc(C(F)(F)F)cc3)C(c3ccc(C)cc3)C2)cc1. The average molecular weight is 624 g/mol. The molecule has 238 valence electrons. The smallest absolute Gasteiger partial charge is 0.416 e. The Hall–Kier alpha value is -4.42. The molecule has 2 aliphatic heterocycles. The van der Waals surface area contributed by atoms with Gasteiger partial charge in [0.1, 0.15) is 12.3 Å². The van der Waals surface area contributed by atoms with E-state index in [0.29, 0.717) is 45.0 Å². The number of ether oxygens (including phenoxy) is 2. The first kappa shape index (κ1) is 32.0. The van der Waals surface area contributed by atoms with E-state index >= 15 is 0 Å². The summed E-state index contributed by atoms with van der Waals surface area (Å²) in [4.78, 5) is 31.0. The third-order valence-electron chi connectivity index (χ3n) is 7.92. The topological polar surface area (TPSA) is 86.7 Å². The highest BCUT2D eigenvalue weighted by Crippen LogP contribution is 2.34. The highest BCUT2D eigenvalue weighted by molar-refractivity contribution is 6.03. The highest BCUT2D eigenvalue weighted by atomic mass is 19.4. The largest absolute Gasteiger partial charge is 0.497 e. The van der Waals surface area contributed by atoms with Crippen LogP contribution in [0.4, 0.5) is 23.7 Å². The second-order valence-corrected chi connectivity index (χ2v) is 11.0. The maximum atomic E-state index is 14.0. The van der Waals surface area contributed by atoms with E-state index in [1.807, 2.05) is 55.5 Å². The zero-order chi connectivity index (χ0) is 32.0. The summed E-state index contributed by atoms with van der Waals surface area (Å²) in [6.45, 7) is 4.96. The minimum atomic E-state index is -4.49. The molecule has 0 spiro atoms. The van der Waals surface area contributed by atoms with Crippen LogP contribution in [-0.2, 0) is 15.7 Å². The molecular formula is C33H36F3N5O4. The molecule has 2 heterocycles. The zero-order valence-corrected chi connectivity index (χ0v) is 25.2. The van der Waals surface area contributed by atoms with Crippen molar-refractivity contribution in [2.45, 2.75) is 25.6 Å². The monoisotopic (exact) mass is 623 g/mol. The van der Waals surface area contributed by atoms with Gasteiger partial charge in [-0.3, -0.25) is 9.69 Å². The molecule has 1 saturated heterocycles. The van der Waals surface area contributed by atoms with E-state index in [1.165, 1.54) is 22.0 Å². The second kappa shape index (κ2) is 14.1. The van der Waals surface area contributed by atoms with Crippen LogP contribution in [0, 0.1) is 6.92 Å². The number of halogens is 3. The van der Waals surface area contributed by atoms with Gasteiger partial charge in [0.15, 0.2) is 0 Å². The van der Waals surface area contributed by atoms with Crippen molar-refractivity contribution >= 4 is 23.3 Å². The van der Waals surface area contributed by atoms with Gasteiger partial charge in [-0.2, -0.15) is 18.3 Å². The molecule has 1 atom stereocenters. The van der Waals surface area contributed by atoms with E-state index in [9.17, 15) is 22.8 Å². The lowest BCUT2D eigenvalue weighted by Gasteiger charge is -2.31. The van der Waals surface area contributed by atoms with Gasteiger partial charge in [0.05, 0.1) is 37.6 Å². The molecule has 1 unspecified atom stereocenters. The molecule has 5 rings (SSSR count). The number of aryl methyl sites for hydroxylation is 1. The number of anilines is 1. The third kappa shape index (κ3) is 8.20. The molecule has 1 fully saturated rings. The van der Waals surface area contributed by atoms with E-state index in [4.69, 9.17) is 14.6 Å². The van der Waals surface area contributed by atoms with Crippen molar-refractivity contribution in [1.82, 2.24) is 14.8 Å². The van der Waals surface area contributed by atoms with Crippen molar-refractivity contribution in [3.63, 3.8) is 0 Å². The minimum absolute atomic E-state index is 0.190. The van der Waals surface area contributed by atoms with Crippen LogP contribution in [0.25, 0.3) is 0 Å². The first-order chi connectivity index (χ1) is 21.6. The lowest BCUT2D eigenvalue weighted by Crippen LogP contribution is -2.47. The second-order valence-electron chi connectivity index (χ2n) is 11.0. The van der Waals surface area contributed by atoms with Crippen molar-refractivity contribution in [3.05, 3.63) is 95.1 Å². The van der Waals surface area contributed by atoms with E-state index in [2.05, 4.69) is 10.2 Å². The van der Waals surface area contributed by atoms with Crippen LogP contribution >= 0.6 is 0 Å². The predicted molar refractivity (Wildman–Crippen MR) is 164 cm³/mol. The molecule has 3 aromatic rings. The molecule has 0 radical (unpaired) electrons. The number of benzene rings is 3. The number of hydrogen-bond donors (Lipinski definition) is 1. The summed E-state index contributed by atoms with van der Waals surface area (Å²) < 4.78 is 49.9. The Kier molecular flexibility index (Phi) is 10.0. The third-order valence-corrected chi connectivity index (χ3v) is 7.92. The fourth-order valence-corrected chi connectivity index (χ4v) is 5.27. The van der Waals surface area contributed by atoms with Crippen LogP contribution in [0.2, 0.25) is 0 Å². The molecule has 9 nitrogen and oxygen atoms in total. The van der Waals surface area contributed by atoms with Crippen LogP contribution < -0.4 is 10.1 Å². The van der Waals surface area contributed by atoms with Gasteiger partial charge in [-0.25, -0.2) is 9.80 Å². The number of urea groups is 1. The number of amides is 3. The van der Waals surface area contributed by atoms with E-state index in [1.54, 1.807) is 7.11 Å².